The monoisotopic (exact) mass is 173 g/mol. The highest BCUT2D eigenvalue weighted by Crippen LogP contribution is 2.24. The summed E-state index contributed by atoms with van der Waals surface area (Å²) in [6.45, 7) is 1.02. The molecule has 0 saturated heterocycles. The minimum Gasteiger partial charge on any atom is -0.390 e. The maximum absolute atomic E-state index is 9.39. The maximum Gasteiger partial charge on any atom is 0.0802 e. The molecular weight excluding hydrogens is 154 g/mol. The van der Waals surface area contributed by atoms with Gasteiger partial charge in [-0.1, -0.05) is 0 Å². The van der Waals surface area contributed by atoms with E-state index in [2.05, 4.69) is 4.90 Å². The molecule has 2 N–H and O–H groups in total. The average molecular weight is 173 g/mol. The van der Waals surface area contributed by atoms with Crippen LogP contribution in [0.2, 0.25) is 0 Å². The van der Waals surface area contributed by atoms with Gasteiger partial charge in [0.05, 0.1) is 12.2 Å². The number of rotatable bonds is 2. The van der Waals surface area contributed by atoms with Crippen LogP contribution in [0.15, 0.2) is 0 Å². The third-order valence-corrected chi connectivity index (χ3v) is 2.51. The summed E-state index contributed by atoms with van der Waals surface area (Å²) in [5, 5.41) is 18.7. The Kier molecular flexibility index (Phi) is 3.50. The molecule has 0 amide bonds. The van der Waals surface area contributed by atoms with Crippen molar-refractivity contribution in [3.8, 4) is 0 Å². The summed E-state index contributed by atoms with van der Waals surface area (Å²) >= 11 is 0. The van der Waals surface area contributed by atoms with Crippen LogP contribution in [-0.2, 0) is 0 Å². The first kappa shape index (κ1) is 9.96. The van der Waals surface area contributed by atoms with Crippen molar-refractivity contribution in [1.82, 2.24) is 4.90 Å². The number of hydrogen-bond donors (Lipinski definition) is 2. The summed E-state index contributed by atoms with van der Waals surface area (Å²) in [5.74, 6) is 0.554. The second kappa shape index (κ2) is 4.21. The summed E-state index contributed by atoms with van der Waals surface area (Å²) in [7, 11) is 4.08. The van der Waals surface area contributed by atoms with Gasteiger partial charge in [-0.3, -0.25) is 0 Å². The predicted molar refractivity (Wildman–Crippen MR) is 47.9 cm³/mol. The van der Waals surface area contributed by atoms with Crippen LogP contribution in [0.3, 0.4) is 0 Å². The van der Waals surface area contributed by atoms with Gasteiger partial charge in [0.25, 0.3) is 0 Å². The first-order valence-electron chi connectivity index (χ1n) is 4.60. The van der Waals surface area contributed by atoms with E-state index in [4.69, 9.17) is 0 Å². The van der Waals surface area contributed by atoms with Crippen molar-refractivity contribution in [2.75, 3.05) is 20.6 Å². The molecule has 0 spiro atoms. The zero-order chi connectivity index (χ0) is 9.14. The van der Waals surface area contributed by atoms with Gasteiger partial charge in [0.2, 0.25) is 0 Å². The van der Waals surface area contributed by atoms with E-state index in [9.17, 15) is 10.2 Å². The van der Waals surface area contributed by atoms with Crippen LogP contribution < -0.4 is 0 Å². The van der Waals surface area contributed by atoms with Gasteiger partial charge in [0.15, 0.2) is 0 Å². The maximum atomic E-state index is 9.39. The van der Waals surface area contributed by atoms with Crippen LogP contribution in [-0.4, -0.2) is 48.0 Å². The Bertz CT molecular complexity index is 138. The fraction of sp³-hybridized carbons (Fsp3) is 1.00. The van der Waals surface area contributed by atoms with E-state index in [0.717, 1.165) is 25.8 Å². The highest BCUT2D eigenvalue weighted by Gasteiger charge is 2.27. The minimum atomic E-state index is -0.497. The van der Waals surface area contributed by atoms with E-state index in [-0.39, 0.29) is 0 Å². The van der Waals surface area contributed by atoms with Gasteiger partial charge in [-0.05, 0) is 39.3 Å². The number of hydrogen-bond acceptors (Lipinski definition) is 3. The van der Waals surface area contributed by atoms with Crippen LogP contribution in [0, 0.1) is 5.92 Å². The molecule has 1 fully saturated rings. The molecule has 0 heterocycles. The minimum absolute atomic E-state index is 0.483. The second-order valence-electron chi connectivity index (χ2n) is 4.08. The van der Waals surface area contributed by atoms with E-state index in [1.165, 1.54) is 0 Å². The Balaban J connectivity index is 2.30. The summed E-state index contributed by atoms with van der Waals surface area (Å²) in [6.07, 6.45) is 1.56. The fourth-order valence-electron chi connectivity index (χ4n) is 1.90. The molecule has 72 valence electrons. The molecule has 1 aliphatic carbocycles. The Labute approximate surface area is 74.0 Å². The van der Waals surface area contributed by atoms with E-state index >= 15 is 0 Å². The van der Waals surface area contributed by atoms with Crippen molar-refractivity contribution in [2.24, 2.45) is 5.92 Å². The van der Waals surface area contributed by atoms with Crippen LogP contribution in [0.4, 0.5) is 0 Å². The molecule has 0 bridgehead atoms. The molecule has 0 aromatic rings. The van der Waals surface area contributed by atoms with E-state index in [1.54, 1.807) is 0 Å². The van der Waals surface area contributed by atoms with Gasteiger partial charge in [-0.2, -0.15) is 0 Å². The highest BCUT2D eigenvalue weighted by atomic mass is 16.3. The van der Waals surface area contributed by atoms with Crippen molar-refractivity contribution in [3.05, 3.63) is 0 Å². The zero-order valence-electron chi connectivity index (χ0n) is 7.90. The van der Waals surface area contributed by atoms with Gasteiger partial charge < -0.3 is 15.1 Å². The standard InChI is InChI=1S/C9H19NO2/c1-10(2)6-7-3-4-8(11)9(12)5-7/h7-9,11-12H,3-6H2,1-2H3/t7-,8+,9-/m1/s1. The van der Waals surface area contributed by atoms with Crippen molar-refractivity contribution >= 4 is 0 Å². The fourth-order valence-corrected chi connectivity index (χ4v) is 1.90. The molecule has 12 heavy (non-hydrogen) atoms. The molecule has 1 saturated carbocycles. The molecule has 3 atom stereocenters. The smallest absolute Gasteiger partial charge is 0.0802 e. The van der Waals surface area contributed by atoms with Crippen molar-refractivity contribution in [3.63, 3.8) is 0 Å². The Morgan fingerprint density at radius 3 is 2.33 bits per heavy atom. The quantitative estimate of drug-likeness (QED) is 0.621. The van der Waals surface area contributed by atoms with Crippen LogP contribution in [0.1, 0.15) is 19.3 Å². The molecule has 0 aromatic carbocycles. The zero-order valence-corrected chi connectivity index (χ0v) is 7.90. The number of aliphatic hydroxyl groups excluding tert-OH is 2. The Morgan fingerprint density at radius 2 is 1.83 bits per heavy atom. The third kappa shape index (κ3) is 2.73. The lowest BCUT2D eigenvalue weighted by Gasteiger charge is -2.31. The summed E-state index contributed by atoms with van der Waals surface area (Å²) < 4.78 is 0. The lowest BCUT2D eigenvalue weighted by atomic mass is 9.85. The SMILES string of the molecule is CN(C)C[C@@H]1CC[C@H](O)[C@H](O)C1. The summed E-state index contributed by atoms with van der Waals surface area (Å²) in [5.41, 5.74) is 0. The molecule has 0 aliphatic heterocycles. The number of aliphatic hydroxyl groups is 2. The van der Waals surface area contributed by atoms with Crippen LogP contribution >= 0.6 is 0 Å². The van der Waals surface area contributed by atoms with Gasteiger partial charge in [0.1, 0.15) is 0 Å². The topological polar surface area (TPSA) is 43.7 Å². The van der Waals surface area contributed by atoms with Gasteiger partial charge in [-0.15, -0.1) is 0 Å². The van der Waals surface area contributed by atoms with E-state index in [1.807, 2.05) is 14.1 Å². The first-order valence-corrected chi connectivity index (χ1v) is 4.60. The van der Waals surface area contributed by atoms with E-state index in [0.29, 0.717) is 5.92 Å². The largest absolute Gasteiger partial charge is 0.390 e. The molecular formula is C9H19NO2. The third-order valence-electron chi connectivity index (χ3n) is 2.51. The predicted octanol–water partition coefficient (Wildman–Crippen LogP) is 0.0699. The molecule has 3 nitrogen and oxygen atoms in total. The lowest BCUT2D eigenvalue weighted by molar-refractivity contribution is -0.0283. The molecule has 1 aliphatic rings. The van der Waals surface area contributed by atoms with Crippen LogP contribution in [0.5, 0.6) is 0 Å². The van der Waals surface area contributed by atoms with Crippen molar-refractivity contribution in [2.45, 2.75) is 31.5 Å². The molecule has 1 rings (SSSR count). The molecule has 3 heteroatoms. The Hall–Kier alpha value is -0.120. The molecule has 0 aromatic heterocycles. The molecule has 0 radical (unpaired) electrons. The highest BCUT2D eigenvalue weighted by molar-refractivity contribution is 4.79. The average Bonchev–Trinajstić information content (AvgIpc) is 1.96. The lowest BCUT2D eigenvalue weighted by Crippen LogP contribution is -2.37. The summed E-state index contributed by atoms with van der Waals surface area (Å²) in [4.78, 5) is 2.13. The van der Waals surface area contributed by atoms with Crippen molar-refractivity contribution < 1.29 is 10.2 Å². The first-order chi connectivity index (χ1) is 5.59. The van der Waals surface area contributed by atoms with Crippen LogP contribution in [0.25, 0.3) is 0 Å². The van der Waals surface area contributed by atoms with Gasteiger partial charge in [0, 0.05) is 6.54 Å². The van der Waals surface area contributed by atoms with Gasteiger partial charge >= 0.3 is 0 Å². The number of nitrogens with zero attached hydrogens (tertiary/aromatic N) is 1. The summed E-state index contributed by atoms with van der Waals surface area (Å²) in [6, 6.07) is 0. The van der Waals surface area contributed by atoms with Crippen molar-refractivity contribution in [1.29, 1.82) is 0 Å². The Morgan fingerprint density at radius 1 is 1.17 bits per heavy atom. The second-order valence-corrected chi connectivity index (χ2v) is 4.08. The van der Waals surface area contributed by atoms with E-state index < -0.39 is 12.2 Å². The molecule has 0 unspecified atom stereocenters. The van der Waals surface area contributed by atoms with Gasteiger partial charge in [-0.25, -0.2) is 0 Å². The normalized spacial score (nSPS) is 37.2.